The second-order valence-electron chi connectivity index (χ2n) is 4.75. The molecule has 0 aliphatic carbocycles. The first-order chi connectivity index (χ1) is 8.61. The number of amides is 1. The molecule has 0 spiro atoms. The van der Waals surface area contributed by atoms with Crippen molar-refractivity contribution in [2.24, 2.45) is 0 Å². The number of hydrogen-bond acceptors (Lipinski definition) is 3. The van der Waals surface area contributed by atoms with Gasteiger partial charge in [0.25, 0.3) is 0 Å². The lowest BCUT2D eigenvalue weighted by Gasteiger charge is -2.33. The Morgan fingerprint density at radius 2 is 2.11 bits per heavy atom. The summed E-state index contributed by atoms with van der Waals surface area (Å²) in [5.41, 5.74) is 0. The third kappa shape index (κ3) is 4.18. The van der Waals surface area contributed by atoms with Crippen LogP contribution >= 0.6 is 39.7 Å². The third-order valence-corrected chi connectivity index (χ3v) is 5.41. The van der Waals surface area contributed by atoms with Gasteiger partial charge in [0, 0.05) is 24.0 Å². The molecule has 0 bridgehead atoms. The fraction of sp³-hybridized carbons (Fsp3) is 0.615. The van der Waals surface area contributed by atoms with Gasteiger partial charge >= 0.3 is 0 Å². The minimum absolute atomic E-state index is 0. The van der Waals surface area contributed by atoms with E-state index in [9.17, 15) is 4.79 Å². The number of halogens is 2. The molecule has 2 heterocycles. The summed E-state index contributed by atoms with van der Waals surface area (Å²) in [6.07, 6.45) is 2.12. The molecule has 1 saturated heterocycles. The van der Waals surface area contributed by atoms with Crippen LogP contribution in [0.1, 0.15) is 30.6 Å². The van der Waals surface area contributed by atoms with E-state index in [1.807, 2.05) is 31.0 Å². The summed E-state index contributed by atoms with van der Waals surface area (Å²) in [6, 6.07) is 4.62. The zero-order valence-electron chi connectivity index (χ0n) is 11.2. The molecule has 1 amide bonds. The highest BCUT2D eigenvalue weighted by Gasteiger charge is 2.26. The number of rotatable bonds is 3. The lowest BCUT2D eigenvalue weighted by Crippen LogP contribution is -2.45. The van der Waals surface area contributed by atoms with Gasteiger partial charge in [-0.3, -0.25) is 4.79 Å². The highest BCUT2D eigenvalue weighted by Crippen LogP contribution is 2.30. The summed E-state index contributed by atoms with van der Waals surface area (Å²) in [4.78, 5) is 15.5. The highest BCUT2D eigenvalue weighted by atomic mass is 79.9. The van der Waals surface area contributed by atoms with Gasteiger partial charge in [0.15, 0.2) is 0 Å². The van der Waals surface area contributed by atoms with Crippen molar-refractivity contribution >= 4 is 45.6 Å². The topological polar surface area (TPSA) is 32.3 Å². The first kappa shape index (κ1) is 17.0. The second kappa shape index (κ2) is 7.62. The summed E-state index contributed by atoms with van der Waals surface area (Å²) in [7, 11) is 1.99. The minimum atomic E-state index is -0.0209. The van der Waals surface area contributed by atoms with Crippen LogP contribution in [0.5, 0.6) is 0 Å². The number of hydrogen-bond donors (Lipinski definition) is 1. The number of nitrogens with zero attached hydrogens (tertiary/aromatic N) is 1. The predicted molar refractivity (Wildman–Crippen MR) is 86.3 cm³/mol. The van der Waals surface area contributed by atoms with Gasteiger partial charge in [-0.2, -0.15) is 0 Å². The standard InChI is InChI=1S/C13H19BrN2OS.ClH/c1-9(11-3-4-12(14)18-11)13(17)16-7-5-10(15-2)6-8-16;/h3-4,9-10,15H,5-8H2,1-2H3;1H. The molecule has 0 radical (unpaired) electrons. The van der Waals surface area contributed by atoms with Crippen LogP contribution in [0.25, 0.3) is 0 Å². The third-order valence-electron chi connectivity index (χ3n) is 3.61. The molecular formula is C13H20BrClN2OS. The largest absolute Gasteiger partial charge is 0.342 e. The summed E-state index contributed by atoms with van der Waals surface area (Å²) in [5.74, 6) is 0.242. The summed E-state index contributed by atoms with van der Waals surface area (Å²) >= 11 is 5.10. The smallest absolute Gasteiger partial charge is 0.230 e. The van der Waals surface area contributed by atoms with Crippen LogP contribution < -0.4 is 5.32 Å². The maximum absolute atomic E-state index is 12.4. The second-order valence-corrected chi connectivity index (χ2v) is 7.25. The van der Waals surface area contributed by atoms with Crippen molar-refractivity contribution < 1.29 is 4.79 Å². The highest BCUT2D eigenvalue weighted by molar-refractivity contribution is 9.11. The average molecular weight is 368 g/mol. The molecule has 2 rings (SSSR count). The minimum Gasteiger partial charge on any atom is -0.342 e. The summed E-state index contributed by atoms with van der Waals surface area (Å²) in [6.45, 7) is 3.76. The maximum Gasteiger partial charge on any atom is 0.230 e. The van der Waals surface area contributed by atoms with E-state index in [1.54, 1.807) is 11.3 Å². The zero-order chi connectivity index (χ0) is 13.1. The van der Waals surface area contributed by atoms with Gasteiger partial charge in [0.05, 0.1) is 9.70 Å². The number of carbonyl (C=O) groups excluding carboxylic acids is 1. The van der Waals surface area contributed by atoms with Crippen LogP contribution in [0.2, 0.25) is 0 Å². The van der Waals surface area contributed by atoms with E-state index >= 15 is 0 Å². The normalized spacial score (nSPS) is 17.9. The Bertz CT molecular complexity index is 419. The molecule has 0 saturated carbocycles. The van der Waals surface area contributed by atoms with E-state index in [0.29, 0.717) is 6.04 Å². The Kier molecular flexibility index (Phi) is 6.80. The first-order valence-corrected chi connectivity index (χ1v) is 7.94. The van der Waals surface area contributed by atoms with Crippen molar-refractivity contribution in [3.05, 3.63) is 20.8 Å². The number of nitrogens with one attached hydrogen (secondary N) is 1. The Morgan fingerprint density at radius 3 is 2.58 bits per heavy atom. The monoisotopic (exact) mass is 366 g/mol. The molecule has 1 N–H and O–H groups in total. The zero-order valence-corrected chi connectivity index (χ0v) is 14.4. The van der Waals surface area contributed by atoms with Crippen molar-refractivity contribution in [2.75, 3.05) is 20.1 Å². The molecule has 1 aliphatic heterocycles. The van der Waals surface area contributed by atoms with Gasteiger partial charge in [-0.15, -0.1) is 23.7 Å². The number of carbonyl (C=O) groups is 1. The molecule has 19 heavy (non-hydrogen) atoms. The molecule has 3 nitrogen and oxygen atoms in total. The van der Waals surface area contributed by atoms with Gasteiger partial charge in [0.2, 0.25) is 5.91 Å². The summed E-state index contributed by atoms with van der Waals surface area (Å²) < 4.78 is 1.09. The van der Waals surface area contributed by atoms with E-state index in [2.05, 4.69) is 21.2 Å². The molecule has 0 aromatic carbocycles. The number of piperidine rings is 1. The molecule has 1 aliphatic rings. The molecule has 6 heteroatoms. The Morgan fingerprint density at radius 1 is 1.47 bits per heavy atom. The van der Waals surface area contributed by atoms with Crippen LogP contribution in [-0.2, 0) is 4.79 Å². The quantitative estimate of drug-likeness (QED) is 0.889. The molecule has 1 unspecified atom stereocenters. The van der Waals surface area contributed by atoms with E-state index in [-0.39, 0.29) is 24.2 Å². The van der Waals surface area contributed by atoms with Crippen molar-refractivity contribution in [3.8, 4) is 0 Å². The van der Waals surface area contributed by atoms with Gasteiger partial charge in [-0.05, 0) is 54.9 Å². The number of thiophene rings is 1. The molecular weight excluding hydrogens is 348 g/mol. The Hall–Kier alpha value is -0.100. The van der Waals surface area contributed by atoms with E-state index in [4.69, 9.17) is 0 Å². The molecule has 1 aromatic heterocycles. The Labute approximate surface area is 133 Å². The van der Waals surface area contributed by atoms with Crippen molar-refractivity contribution in [1.82, 2.24) is 10.2 Å². The molecule has 1 aromatic rings. The lowest BCUT2D eigenvalue weighted by atomic mass is 10.0. The van der Waals surface area contributed by atoms with Gasteiger partial charge < -0.3 is 10.2 Å². The van der Waals surface area contributed by atoms with Crippen LogP contribution in [-0.4, -0.2) is 37.0 Å². The fourth-order valence-corrected chi connectivity index (χ4v) is 3.81. The maximum atomic E-state index is 12.4. The SMILES string of the molecule is CNC1CCN(C(=O)C(C)c2ccc(Br)s2)CC1.Cl. The van der Waals surface area contributed by atoms with E-state index < -0.39 is 0 Å². The lowest BCUT2D eigenvalue weighted by molar-refractivity contribution is -0.133. The first-order valence-electron chi connectivity index (χ1n) is 6.33. The van der Waals surface area contributed by atoms with Crippen LogP contribution in [0, 0.1) is 0 Å². The van der Waals surface area contributed by atoms with Crippen LogP contribution in [0.15, 0.2) is 15.9 Å². The van der Waals surface area contributed by atoms with Gasteiger partial charge in [-0.25, -0.2) is 0 Å². The van der Waals surface area contributed by atoms with E-state index in [0.717, 1.165) is 34.6 Å². The molecule has 108 valence electrons. The van der Waals surface area contributed by atoms with Gasteiger partial charge in [-0.1, -0.05) is 0 Å². The predicted octanol–water partition coefficient (Wildman–Crippen LogP) is 3.25. The fourth-order valence-electron chi connectivity index (χ4n) is 2.35. The van der Waals surface area contributed by atoms with E-state index in [1.165, 1.54) is 0 Å². The van der Waals surface area contributed by atoms with Crippen LogP contribution in [0.4, 0.5) is 0 Å². The number of likely N-dealkylation sites (tertiary alicyclic amines) is 1. The summed E-state index contributed by atoms with van der Waals surface area (Å²) in [5, 5.41) is 3.29. The van der Waals surface area contributed by atoms with Crippen molar-refractivity contribution in [1.29, 1.82) is 0 Å². The van der Waals surface area contributed by atoms with Gasteiger partial charge in [0.1, 0.15) is 0 Å². The van der Waals surface area contributed by atoms with Crippen molar-refractivity contribution in [2.45, 2.75) is 31.7 Å². The molecule has 1 atom stereocenters. The average Bonchev–Trinajstić information content (AvgIpc) is 2.84. The Balaban J connectivity index is 0.00000180. The van der Waals surface area contributed by atoms with Crippen molar-refractivity contribution in [3.63, 3.8) is 0 Å². The van der Waals surface area contributed by atoms with Crippen LogP contribution in [0.3, 0.4) is 0 Å². The molecule has 1 fully saturated rings.